The number of allylic oxidation sites excluding steroid dienone is 2. The molecule has 1 rings (SSSR count). The standard InChI is InChI=1S/C43H78O9/c1-9-30(4)37(46)23-20-33(7)38(47)22-18-29(3)26-35(28-44)40-27-39(48)31(5)14-11-12-15-34(10-2)21-19-32(6)36(45)16-13-17-41(49)43(8,51)25-24-42(50)52-40/h12,15,20,23-25,29-41,44-49,51H,9-11,13-14,16-19,21-22,26-28H2,1-8H3/b15-12+,23-20+,25-24+/t29-,30-,31-,32-,33-,34+,35-,36-,37+,38+,39-,40-,41-,43+/m1/s1. The first-order valence-electron chi connectivity index (χ1n) is 20.4. The Morgan fingerprint density at radius 3 is 2.25 bits per heavy atom. The van der Waals surface area contributed by atoms with E-state index in [0.717, 1.165) is 44.6 Å². The van der Waals surface area contributed by atoms with Gasteiger partial charge in [0.2, 0.25) is 0 Å². The minimum atomic E-state index is -1.71. The summed E-state index contributed by atoms with van der Waals surface area (Å²) < 4.78 is 5.90. The van der Waals surface area contributed by atoms with Crippen LogP contribution in [-0.4, -0.2) is 90.5 Å². The number of esters is 1. The average molecular weight is 739 g/mol. The molecule has 0 aromatic rings. The molecule has 0 amide bonds. The number of aliphatic hydroxyl groups is 7. The van der Waals surface area contributed by atoms with Gasteiger partial charge in [0.1, 0.15) is 11.7 Å². The van der Waals surface area contributed by atoms with Crippen LogP contribution in [0, 0.1) is 41.4 Å². The summed E-state index contributed by atoms with van der Waals surface area (Å²) in [6.45, 7) is 15.3. The molecule has 9 nitrogen and oxygen atoms in total. The van der Waals surface area contributed by atoms with E-state index in [4.69, 9.17) is 4.74 Å². The molecule has 0 saturated heterocycles. The lowest BCUT2D eigenvalue weighted by molar-refractivity contribution is -0.149. The van der Waals surface area contributed by atoms with E-state index in [1.54, 1.807) is 6.08 Å². The van der Waals surface area contributed by atoms with Crippen molar-refractivity contribution in [2.75, 3.05) is 6.61 Å². The van der Waals surface area contributed by atoms with Crippen LogP contribution in [0.25, 0.3) is 0 Å². The van der Waals surface area contributed by atoms with Crippen LogP contribution in [0.2, 0.25) is 0 Å². The van der Waals surface area contributed by atoms with Gasteiger partial charge in [0.05, 0.1) is 30.5 Å². The maximum Gasteiger partial charge on any atom is 0.330 e. The number of carbonyl (C=O) groups excluding carboxylic acids is 1. The van der Waals surface area contributed by atoms with Crippen molar-refractivity contribution in [1.82, 2.24) is 0 Å². The summed E-state index contributed by atoms with van der Waals surface area (Å²) in [7, 11) is 0. The van der Waals surface area contributed by atoms with Crippen molar-refractivity contribution >= 4 is 5.97 Å². The zero-order valence-electron chi connectivity index (χ0n) is 33.8. The molecule has 0 spiro atoms. The second kappa shape index (κ2) is 25.5. The molecule has 1 heterocycles. The molecule has 7 N–H and O–H groups in total. The van der Waals surface area contributed by atoms with Crippen LogP contribution >= 0.6 is 0 Å². The highest BCUT2D eigenvalue weighted by Gasteiger charge is 2.32. The Labute approximate surface area is 316 Å². The van der Waals surface area contributed by atoms with Crippen molar-refractivity contribution in [2.45, 2.75) is 181 Å². The number of hydrogen-bond acceptors (Lipinski definition) is 9. The van der Waals surface area contributed by atoms with E-state index in [0.29, 0.717) is 38.0 Å². The summed E-state index contributed by atoms with van der Waals surface area (Å²) in [4.78, 5) is 13.2. The third kappa shape index (κ3) is 18.6. The van der Waals surface area contributed by atoms with Crippen molar-refractivity contribution in [1.29, 1.82) is 0 Å². The van der Waals surface area contributed by atoms with Gasteiger partial charge < -0.3 is 40.5 Å². The fourth-order valence-corrected chi connectivity index (χ4v) is 6.93. The van der Waals surface area contributed by atoms with Gasteiger partial charge in [-0.15, -0.1) is 0 Å². The lowest BCUT2D eigenvalue weighted by Crippen LogP contribution is -2.38. The van der Waals surface area contributed by atoms with Crippen LogP contribution in [0.15, 0.2) is 36.5 Å². The second-order valence-electron chi connectivity index (χ2n) is 16.6. The minimum absolute atomic E-state index is 0.0703. The van der Waals surface area contributed by atoms with Gasteiger partial charge in [-0.1, -0.05) is 79.2 Å². The van der Waals surface area contributed by atoms with Gasteiger partial charge in [0.25, 0.3) is 0 Å². The molecule has 0 fully saturated rings. The Kier molecular flexibility index (Phi) is 23.7. The molecule has 52 heavy (non-hydrogen) atoms. The smallest absolute Gasteiger partial charge is 0.330 e. The molecule has 9 heteroatoms. The Hall–Kier alpha value is -1.59. The molecule has 1 aliphatic rings. The molecule has 0 aliphatic carbocycles. The molecule has 1 aliphatic heterocycles. The predicted octanol–water partition coefficient (Wildman–Crippen LogP) is 6.65. The van der Waals surface area contributed by atoms with Gasteiger partial charge in [-0.05, 0) is 113 Å². The van der Waals surface area contributed by atoms with Crippen LogP contribution in [-0.2, 0) is 9.53 Å². The second-order valence-corrected chi connectivity index (χ2v) is 16.6. The van der Waals surface area contributed by atoms with Gasteiger partial charge in [-0.3, -0.25) is 0 Å². The fourth-order valence-electron chi connectivity index (χ4n) is 6.93. The third-order valence-electron chi connectivity index (χ3n) is 11.8. The lowest BCUT2D eigenvalue weighted by atomic mass is 9.84. The summed E-state index contributed by atoms with van der Waals surface area (Å²) in [5.74, 6) is -0.712. The van der Waals surface area contributed by atoms with Gasteiger partial charge in [-0.25, -0.2) is 4.79 Å². The van der Waals surface area contributed by atoms with Gasteiger partial charge in [-0.2, -0.15) is 0 Å². The maximum atomic E-state index is 13.2. The number of ether oxygens (including phenoxy) is 1. The highest BCUT2D eigenvalue weighted by atomic mass is 16.5. The van der Waals surface area contributed by atoms with Gasteiger partial charge in [0, 0.05) is 30.9 Å². The minimum Gasteiger partial charge on any atom is -0.459 e. The van der Waals surface area contributed by atoms with E-state index in [1.165, 1.54) is 13.0 Å². The number of aliphatic hydroxyl groups excluding tert-OH is 6. The molecule has 0 radical (unpaired) electrons. The van der Waals surface area contributed by atoms with Crippen molar-refractivity contribution in [3.05, 3.63) is 36.5 Å². The summed E-state index contributed by atoms with van der Waals surface area (Å²) in [5, 5.41) is 75.4. The molecular weight excluding hydrogens is 660 g/mol. The topological polar surface area (TPSA) is 168 Å². The van der Waals surface area contributed by atoms with Crippen LogP contribution in [0.5, 0.6) is 0 Å². The Balaban J connectivity index is 3.13. The fraction of sp³-hybridized carbons (Fsp3) is 0.837. The number of cyclic esters (lactones) is 1. The zero-order chi connectivity index (χ0) is 39.4. The van der Waals surface area contributed by atoms with E-state index in [2.05, 4.69) is 19.1 Å². The number of hydrogen-bond donors (Lipinski definition) is 7. The molecule has 0 aromatic heterocycles. The predicted molar refractivity (Wildman–Crippen MR) is 209 cm³/mol. The first-order chi connectivity index (χ1) is 24.4. The molecule has 0 aromatic carbocycles. The van der Waals surface area contributed by atoms with Crippen LogP contribution in [0.1, 0.15) is 139 Å². The van der Waals surface area contributed by atoms with Gasteiger partial charge >= 0.3 is 5.97 Å². The molecule has 0 bridgehead atoms. The van der Waals surface area contributed by atoms with E-state index >= 15 is 0 Å². The van der Waals surface area contributed by atoms with E-state index in [9.17, 15) is 40.5 Å². The highest BCUT2D eigenvalue weighted by Crippen LogP contribution is 2.29. The molecule has 0 unspecified atom stereocenters. The van der Waals surface area contributed by atoms with Crippen LogP contribution < -0.4 is 0 Å². The zero-order valence-corrected chi connectivity index (χ0v) is 33.8. The molecule has 0 saturated carbocycles. The van der Waals surface area contributed by atoms with Crippen LogP contribution in [0.3, 0.4) is 0 Å². The summed E-state index contributed by atoms with van der Waals surface area (Å²) >= 11 is 0. The maximum absolute atomic E-state index is 13.2. The number of rotatable bonds is 13. The summed E-state index contributed by atoms with van der Waals surface area (Å²) in [6.07, 6.45) is 14.3. The van der Waals surface area contributed by atoms with Crippen molar-refractivity contribution in [3.63, 3.8) is 0 Å². The first-order valence-corrected chi connectivity index (χ1v) is 20.4. The van der Waals surface area contributed by atoms with Crippen molar-refractivity contribution in [2.24, 2.45) is 41.4 Å². The Bertz CT molecular complexity index is 1040. The quantitative estimate of drug-likeness (QED) is 0.0808. The summed E-state index contributed by atoms with van der Waals surface area (Å²) in [5.41, 5.74) is -1.71. The Morgan fingerprint density at radius 2 is 1.62 bits per heavy atom. The molecular formula is C43H78O9. The monoisotopic (exact) mass is 739 g/mol. The Morgan fingerprint density at radius 1 is 0.942 bits per heavy atom. The van der Waals surface area contributed by atoms with E-state index in [-0.39, 0.29) is 49.0 Å². The highest BCUT2D eigenvalue weighted by molar-refractivity contribution is 5.82. The number of carbonyl (C=O) groups is 1. The third-order valence-corrected chi connectivity index (χ3v) is 11.8. The average Bonchev–Trinajstić information content (AvgIpc) is 3.12. The lowest BCUT2D eigenvalue weighted by Gasteiger charge is -2.31. The molecule has 304 valence electrons. The van der Waals surface area contributed by atoms with E-state index in [1.807, 2.05) is 47.6 Å². The molecule has 14 atom stereocenters. The van der Waals surface area contributed by atoms with Crippen molar-refractivity contribution < 1.29 is 45.3 Å². The van der Waals surface area contributed by atoms with E-state index < -0.39 is 54.1 Å². The SMILES string of the molecule is CC[C@H]1/C=C/CC[C@@H](C)[C@H](O)C[C@H]([C@@H](CO)C[C@H](C)CC[C@H](O)[C@H](C)/C=C/[C@H](O)[C@H](C)CC)OC(=O)/C=C/[C@](C)(O)[C@H](O)CCC[C@@H](O)[C@H](C)CC1. The van der Waals surface area contributed by atoms with Crippen LogP contribution in [0.4, 0.5) is 0 Å². The summed E-state index contributed by atoms with van der Waals surface area (Å²) in [6, 6.07) is 0. The van der Waals surface area contributed by atoms with Gasteiger partial charge in [0.15, 0.2) is 0 Å². The van der Waals surface area contributed by atoms with Crippen molar-refractivity contribution in [3.8, 4) is 0 Å². The largest absolute Gasteiger partial charge is 0.459 e. The first kappa shape index (κ1) is 48.4. The normalized spacial score (nSPS) is 34.5.